The van der Waals surface area contributed by atoms with Gasteiger partial charge in [-0.2, -0.15) is 0 Å². The second-order valence-corrected chi connectivity index (χ2v) is 4.10. The second kappa shape index (κ2) is 3.46. The summed E-state index contributed by atoms with van der Waals surface area (Å²) in [6.07, 6.45) is 0. The van der Waals surface area contributed by atoms with Crippen LogP contribution in [0.5, 0.6) is 0 Å². The summed E-state index contributed by atoms with van der Waals surface area (Å²) in [5.41, 5.74) is 0. The summed E-state index contributed by atoms with van der Waals surface area (Å²) in [4.78, 5) is 0. The van der Waals surface area contributed by atoms with Gasteiger partial charge in [0.15, 0.2) is 0 Å². The van der Waals surface area contributed by atoms with E-state index in [1.165, 1.54) is 0 Å². The van der Waals surface area contributed by atoms with Crippen molar-refractivity contribution in [2.24, 2.45) is 14.1 Å². The molecule has 0 aliphatic heterocycles. The number of hydrogen-bond donors (Lipinski definition) is 0. The van der Waals surface area contributed by atoms with E-state index in [9.17, 15) is 0 Å². The number of aromatic nitrogens is 2. The van der Waals surface area contributed by atoms with Crippen LogP contribution < -0.4 is 4.57 Å². The maximum Gasteiger partial charge on any atom is 0.270 e. The first kappa shape index (κ1) is 10.2. The zero-order valence-electron chi connectivity index (χ0n) is 6.47. The van der Waals surface area contributed by atoms with Gasteiger partial charge in [-0.05, 0) is 27.4 Å². The molecule has 1 rings (SSSR count). The highest BCUT2D eigenvalue weighted by Crippen LogP contribution is 2.19. The maximum absolute atomic E-state index is 5.85. The summed E-state index contributed by atoms with van der Waals surface area (Å²) in [5.74, 6) is 0.676. The first-order chi connectivity index (χ1) is 5.46. The van der Waals surface area contributed by atoms with E-state index >= 15 is 0 Å². The van der Waals surface area contributed by atoms with Crippen LogP contribution in [0.25, 0.3) is 0 Å². The Morgan fingerprint density at radius 2 is 2.08 bits per heavy atom. The van der Waals surface area contributed by atoms with Crippen LogP contribution in [-0.2, 0) is 26.7 Å². The Morgan fingerprint density at radius 1 is 1.58 bits per heavy atom. The average Bonchev–Trinajstić information content (AvgIpc) is 2.16. The molecule has 66 valence electrons. The van der Waals surface area contributed by atoms with Crippen LogP contribution in [0.15, 0.2) is 0 Å². The maximum atomic E-state index is 5.85. The van der Waals surface area contributed by atoms with Crippen LogP contribution in [0.2, 0.25) is 10.3 Å². The van der Waals surface area contributed by atoms with Gasteiger partial charge in [0.1, 0.15) is 0 Å². The summed E-state index contributed by atoms with van der Waals surface area (Å²) < 4.78 is 3.69. The Hall–Kier alpha value is 0.1000. The molecule has 0 atom stereocenters. The number of nitrogens with zero attached hydrogens (tertiary/aromatic N) is 2. The predicted octanol–water partition coefficient (Wildman–Crippen LogP) is 1.38. The highest BCUT2D eigenvalue weighted by Gasteiger charge is 2.22. The molecule has 0 aromatic carbocycles. The molecule has 0 saturated heterocycles. The van der Waals surface area contributed by atoms with E-state index in [2.05, 4.69) is 0 Å². The monoisotopic (exact) mass is 240 g/mol. The van der Waals surface area contributed by atoms with Crippen LogP contribution in [0.3, 0.4) is 0 Å². The van der Waals surface area contributed by atoms with Crippen LogP contribution in [-0.4, -0.2) is 8.76 Å². The summed E-state index contributed by atoms with van der Waals surface area (Å²) in [6.45, 7) is 0. The minimum absolute atomic E-state index is 0.355. The van der Waals surface area contributed by atoms with Gasteiger partial charge in [-0.25, -0.2) is 9.13 Å². The fourth-order valence-corrected chi connectivity index (χ4v) is 1.92. The summed E-state index contributed by atoms with van der Waals surface area (Å²) >= 11 is 21.4. The molecule has 0 unspecified atom stereocenters. The minimum Gasteiger partial charge on any atom is -0.421 e. The summed E-state index contributed by atoms with van der Waals surface area (Å²) in [7, 11) is 3.53. The van der Waals surface area contributed by atoms with E-state index in [1.54, 1.807) is 23.2 Å². The molecule has 6 heteroatoms. The van der Waals surface area contributed by atoms with E-state index in [1.807, 2.05) is 0 Å². The Bertz CT molecular complexity index is 320. The lowest BCUT2D eigenvalue weighted by Gasteiger charge is -2.00. The van der Waals surface area contributed by atoms with Crippen molar-refractivity contribution in [1.82, 2.24) is 4.57 Å². The van der Waals surface area contributed by atoms with Gasteiger partial charge < -0.3 is 24.8 Å². The topological polar surface area (TPSA) is 8.81 Å². The molecule has 1 aromatic rings. The molecular weight excluding hydrogens is 235 g/mol. The Kier molecular flexibility index (Phi) is 2.93. The molecule has 0 amide bonds. The van der Waals surface area contributed by atoms with Crippen molar-refractivity contribution < 1.29 is 4.57 Å². The molecule has 0 radical (unpaired) electrons. The molecule has 2 nitrogen and oxygen atoms in total. The van der Waals surface area contributed by atoms with E-state index in [4.69, 9.17) is 48.0 Å². The molecule has 12 heavy (non-hydrogen) atoms. The van der Waals surface area contributed by atoms with Crippen LogP contribution in [0, 0.1) is 0 Å². The molecular formula is C6H6Cl2N2S2. The molecule has 0 aliphatic rings. The van der Waals surface area contributed by atoms with Gasteiger partial charge in [0.2, 0.25) is 0 Å². The minimum atomic E-state index is 0.355. The predicted molar refractivity (Wildman–Crippen MR) is 55.7 cm³/mol. The molecule has 0 N–H and O–H groups in total. The Balaban J connectivity index is 3.48. The number of imidazole rings is 1. The lowest BCUT2D eigenvalue weighted by atomic mass is 10.7. The normalized spacial score (nSPS) is 10.3. The summed E-state index contributed by atoms with van der Waals surface area (Å²) in [5, 5.41) is 0.891. The highest BCUT2D eigenvalue weighted by atomic mass is 35.5. The van der Waals surface area contributed by atoms with Crippen molar-refractivity contribution in [3.05, 3.63) is 16.1 Å². The molecule has 1 aromatic heterocycles. The highest BCUT2D eigenvalue weighted by molar-refractivity contribution is 8.01. The standard InChI is InChI=1S/C6H6Cl2N2S2/c1-9-3(7)4(8)10(2)5(9)6(11)12/h1-2H3. The van der Waals surface area contributed by atoms with Gasteiger partial charge in [0, 0.05) is 0 Å². The quantitative estimate of drug-likeness (QED) is 0.417. The van der Waals surface area contributed by atoms with Crippen LogP contribution >= 0.6 is 35.4 Å². The van der Waals surface area contributed by atoms with Crippen molar-refractivity contribution >= 4 is 52.2 Å². The third-order valence-corrected chi connectivity index (χ3v) is 2.90. The third-order valence-electron chi connectivity index (χ3n) is 1.58. The van der Waals surface area contributed by atoms with E-state index in [0.29, 0.717) is 20.3 Å². The molecule has 0 spiro atoms. The largest absolute Gasteiger partial charge is 0.421 e. The zero-order chi connectivity index (χ0) is 9.46. The van der Waals surface area contributed by atoms with E-state index < -0.39 is 0 Å². The molecule has 0 saturated carbocycles. The fraction of sp³-hybridized carbons (Fsp3) is 0.333. The molecule has 1 heterocycles. The van der Waals surface area contributed by atoms with Crippen LogP contribution in [0.4, 0.5) is 0 Å². The van der Waals surface area contributed by atoms with E-state index in [-0.39, 0.29) is 0 Å². The van der Waals surface area contributed by atoms with Gasteiger partial charge in [0.05, 0.1) is 14.1 Å². The average molecular weight is 241 g/mol. The number of hydrogen-bond acceptors (Lipinski definition) is 2. The van der Waals surface area contributed by atoms with Gasteiger partial charge in [-0.3, -0.25) is 0 Å². The lowest BCUT2D eigenvalue weighted by Crippen LogP contribution is -2.35. The lowest BCUT2D eigenvalue weighted by molar-refractivity contribution is -0.669. The van der Waals surface area contributed by atoms with Gasteiger partial charge in [-0.15, -0.1) is 0 Å². The number of thiocarbonyl (C=S) groups is 1. The number of halogens is 2. The SMILES string of the molecule is Cn1c(Cl)c(Cl)[n+](C)c1C(=S)[S-]. The molecule has 0 fully saturated rings. The van der Waals surface area contributed by atoms with Crippen LogP contribution in [0.1, 0.15) is 5.82 Å². The molecule has 0 bridgehead atoms. The number of rotatable bonds is 1. The van der Waals surface area contributed by atoms with Gasteiger partial charge >= 0.3 is 0 Å². The van der Waals surface area contributed by atoms with Crippen molar-refractivity contribution in [2.45, 2.75) is 0 Å². The van der Waals surface area contributed by atoms with Crippen molar-refractivity contribution in [2.75, 3.05) is 0 Å². The van der Waals surface area contributed by atoms with Crippen molar-refractivity contribution in [1.29, 1.82) is 0 Å². The van der Waals surface area contributed by atoms with E-state index in [0.717, 1.165) is 0 Å². The van der Waals surface area contributed by atoms with Crippen molar-refractivity contribution in [3.8, 4) is 0 Å². The first-order valence-corrected chi connectivity index (χ1v) is 4.65. The third kappa shape index (κ3) is 1.44. The fourth-order valence-electron chi connectivity index (χ4n) is 0.962. The smallest absolute Gasteiger partial charge is 0.270 e. The first-order valence-electron chi connectivity index (χ1n) is 3.08. The molecule has 0 aliphatic carbocycles. The Morgan fingerprint density at radius 3 is 2.25 bits per heavy atom. The van der Waals surface area contributed by atoms with Crippen molar-refractivity contribution in [3.63, 3.8) is 0 Å². The van der Waals surface area contributed by atoms with Gasteiger partial charge in [-0.1, -0.05) is 0 Å². The second-order valence-electron chi connectivity index (χ2n) is 2.31. The van der Waals surface area contributed by atoms with Gasteiger partial charge in [0.25, 0.3) is 16.1 Å². The summed E-state index contributed by atoms with van der Waals surface area (Å²) in [6, 6.07) is 0. The zero-order valence-corrected chi connectivity index (χ0v) is 9.61. The Labute approximate surface area is 91.5 Å².